The summed E-state index contributed by atoms with van der Waals surface area (Å²) < 4.78 is 6.45. The number of hydrogen-bond acceptors (Lipinski definition) is 10. The lowest BCUT2D eigenvalue weighted by molar-refractivity contribution is 0.102. The molecular weight excluding hydrogens is 476 g/mol. The number of carbonyl (C=O) groups excluding carboxylic acids is 1. The highest BCUT2D eigenvalue weighted by molar-refractivity contribution is 7.22. The predicted octanol–water partition coefficient (Wildman–Crippen LogP) is 2.70. The molecule has 1 unspecified atom stereocenters. The highest BCUT2D eigenvalue weighted by Gasteiger charge is 2.24. The Labute approximate surface area is 214 Å². The largest absolute Gasteiger partial charge is 0.378 e. The van der Waals surface area contributed by atoms with Gasteiger partial charge in [-0.2, -0.15) is 4.98 Å². The second-order valence-corrected chi connectivity index (χ2v) is 10.7. The number of morpholine rings is 1. The molecule has 3 saturated heterocycles. The van der Waals surface area contributed by atoms with Gasteiger partial charge in [0.15, 0.2) is 16.6 Å². The van der Waals surface area contributed by atoms with Gasteiger partial charge in [0.2, 0.25) is 0 Å². The third kappa shape index (κ3) is 4.82. The smallest absolute Gasteiger partial charge is 0.274 e. The van der Waals surface area contributed by atoms with Crippen molar-refractivity contribution in [2.45, 2.75) is 31.7 Å². The first kappa shape index (κ1) is 23.4. The third-order valence-corrected chi connectivity index (χ3v) is 8.10. The highest BCUT2D eigenvalue weighted by Crippen LogP contribution is 2.35. The van der Waals surface area contributed by atoms with E-state index >= 15 is 0 Å². The number of aromatic nitrogens is 3. The molecular formula is C25H32N8O2S. The zero-order valence-electron chi connectivity index (χ0n) is 20.4. The molecule has 0 aliphatic carbocycles. The number of rotatable bonds is 5. The minimum absolute atomic E-state index is 0.149. The van der Waals surface area contributed by atoms with Crippen LogP contribution in [-0.4, -0.2) is 79.4 Å². The van der Waals surface area contributed by atoms with Crippen molar-refractivity contribution in [1.29, 1.82) is 0 Å². The maximum absolute atomic E-state index is 13.4. The van der Waals surface area contributed by atoms with Gasteiger partial charge in [0.05, 0.1) is 23.6 Å². The van der Waals surface area contributed by atoms with E-state index in [0.29, 0.717) is 24.6 Å². The van der Waals surface area contributed by atoms with Crippen molar-refractivity contribution in [2.75, 3.05) is 72.5 Å². The number of amides is 1. The van der Waals surface area contributed by atoms with E-state index in [1.165, 1.54) is 6.42 Å². The molecule has 0 bridgehead atoms. The van der Waals surface area contributed by atoms with Gasteiger partial charge in [0, 0.05) is 45.3 Å². The minimum Gasteiger partial charge on any atom is -0.378 e. The first-order chi connectivity index (χ1) is 17.6. The molecule has 0 saturated carbocycles. The van der Waals surface area contributed by atoms with E-state index in [0.717, 1.165) is 85.6 Å². The molecule has 3 aromatic rings. The molecule has 1 amide bonds. The fourth-order valence-electron chi connectivity index (χ4n) is 5.08. The molecule has 3 aliphatic heterocycles. The number of nitrogens with two attached hydrogens (primary N) is 1. The number of ether oxygens (including phenoxy) is 1. The predicted molar refractivity (Wildman–Crippen MR) is 144 cm³/mol. The monoisotopic (exact) mass is 508 g/mol. The van der Waals surface area contributed by atoms with Gasteiger partial charge in [-0.15, -0.1) is 0 Å². The quantitative estimate of drug-likeness (QED) is 0.537. The maximum atomic E-state index is 13.4. The molecule has 3 fully saturated rings. The Morgan fingerprint density at radius 1 is 1.00 bits per heavy atom. The Balaban J connectivity index is 1.30. The van der Waals surface area contributed by atoms with Gasteiger partial charge in [0.25, 0.3) is 5.91 Å². The number of piperidine rings is 1. The molecule has 6 rings (SSSR count). The van der Waals surface area contributed by atoms with Crippen LogP contribution in [0.25, 0.3) is 10.3 Å². The number of nitrogens with one attached hydrogen (secondary N) is 1. The summed E-state index contributed by atoms with van der Waals surface area (Å²) in [5.74, 6) is 1.34. The van der Waals surface area contributed by atoms with Gasteiger partial charge in [-0.05, 0) is 43.9 Å². The van der Waals surface area contributed by atoms with E-state index in [-0.39, 0.29) is 11.9 Å². The summed E-state index contributed by atoms with van der Waals surface area (Å²) in [7, 11) is 0. The Hall–Kier alpha value is -3.02. The fourth-order valence-corrected chi connectivity index (χ4v) is 6.08. The van der Waals surface area contributed by atoms with Crippen LogP contribution >= 0.6 is 11.3 Å². The summed E-state index contributed by atoms with van der Waals surface area (Å²) in [4.78, 5) is 34.5. The first-order valence-corrected chi connectivity index (χ1v) is 13.6. The molecule has 3 aliphatic rings. The summed E-state index contributed by atoms with van der Waals surface area (Å²) in [6, 6.07) is 7.74. The topological polar surface area (TPSA) is 113 Å². The minimum atomic E-state index is -0.238. The van der Waals surface area contributed by atoms with Crippen molar-refractivity contribution in [1.82, 2.24) is 15.0 Å². The Morgan fingerprint density at radius 2 is 1.83 bits per heavy atom. The SMILES string of the molecule is NC1CCN(c2cccc(C(=O)Nc3cc4sc(N5CCOCC5)nc4nc3N3CCCCC3)n2)C1. The van der Waals surface area contributed by atoms with Gasteiger partial charge in [-0.1, -0.05) is 17.4 Å². The molecule has 6 heterocycles. The number of hydrogen-bond donors (Lipinski definition) is 2. The van der Waals surface area contributed by atoms with E-state index < -0.39 is 0 Å². The van der Waals surface area contributed by atoms with E-state index in [9.17, 15) is 4.79 Å². The average molecular weight is 509 g/mol. The van der Waals surface area contributed by atoms with E-state index in [1.807, 2.05) is 18.2 Å². The molecule has 0 radical (unpaired) electrons. The molecule has 3 aromatic heterocycles. The lowest BCUT2D eigenvalue weighted by Crippen LogP contribution is -2.36. The Kier molecular flexibility index (Phi) is 6.60. The summed E-state index contributed by atoms with van der Waals surface area (Å²) in [5.41, 5.74) is 7.89. The van der Waals surface area contributed by atoms with Crippen molar-refractivity contribution in [3.05, 3.63) is 30.0 Å². The molecule has 1 atom stereocenters. The van der Waals surface area contributed by atoms with E-state index in [1.54, 1.807) is 17.4 Å². The van der Waals surface area contributed by atoms with E-state index in [4.69, 9.17) is 20.4 Å². The number of pyridine rings is 2. The van der Waals surface area contributed by atoms with Crippen molar-refractivity contribution in [2.24, 2.45) is 5.73 Å². The van der Waals surface area contributed by atoms with Crippen LogP contribution in [0.1, 0.15) is 36.2 Å². The first-order valence-electron chi connectivity index (χ1n) is 12.8. The molecule has 190 valence electrons. The lowest BCUT2D eigenvalue weighted by Gasteiger charge is -2.29. The van der Waals surface area contributed by atoms with Crippen molar-refractivity contribution < 1.29 is 9.53 Å². The summed E-state index contributed by atoms with van der Waals surface area (Å²) >= 11 is 1.61. The number of carbonyl (C=O) groups is 1. The van der Waals surface area contributed by atoms with Gasteiger partial charge < -0.3 is 30.5 Å². The number of fused-ring (bicyclic) bond motifs is 1. The zero-order chi connectivity index (χ0) is 24.5. The lowest BCUT2D eigenvalue weighted by atomic mass is 10.1. The van der Waals surface area contributed by atoms with Gasteiger partial charge in [-0.3, -0.25) is 4.79 Å². The number of nitrogens with zero attached hydrogens (tertiary/aromatic N) is 6. The molecule has 3 N–H and O–H groups in total. The van der Waals surface area contributed by atoms with Crippen molar-refractivity contribution in [3.8, 4) is 0 Å². The summed E-state index contributed by atoms with van der Waals surface area (Å²) in [5, 5.41) is 4.08. The van der Waals surface area contributed by atoms with Crippen molar-refractivity contribution >= 4 is 50.0 Å². The van der Waals surface area contributed by atoms with Gasteiger partial charge in [0.1, 0.15) is 11.5 Å². The van der Waals surface area contributed by atoms with Crippen LogP contribution in [0.4, 0.5) is 22.5 Å². The molecule has 0 aromatic carbocycles. The normalized spacial score (nSPS) is 20.8. The van der Waals surface area contributed by atoms with Crippen LogP contribution in [0, 0.1) is 0 Å². The van der Waals surface area contributed by atoms with Crippen LogP contribution in [0.2, 0.25) is 0 Å². The zero-order valence-corrected chi connectivity index (χ0v) is 21.2. The molecule has 11 heteroatoms. The average Bonchev–Trinajstić information content (AvgIpc) is 3.55. The maximum Gasteiger partial charge on any atom is 0.274 e. The van der Waals surface area contributed by atoms with Crippen LogP contribution in [0.5, 0.6) is 0 Å². The molecule has 0 spiro atoms. The van der Waals surface area contributed by atoms with Crippen molar-refractivity contribution in [3.63, 3.8) is 0 Å². The molecule has 10 nitrogen and oxygen atoms in total. The standard InChI is InChI=1S/C25H32N8O2S/c26-17-7-10-33(16-17)21-6-4-5-18(27-21)24(34)28-19-15-20-22(29-23(19)31-8-2-1-3-9-31)30-25(36-20)32-11-13-35-14-12-32/h4-6,15,17H,1-3,7-14,16,26H2,(H,28,34). The third-order valence-electron chi connectivity index (χ3n) is 7.05. The van der Waals surface area contributed by atoms with Crippen LogP contribution in [0.3, 0.4) is 0 Å². The fraction of sp³-hybridized carbons (Fsp3) is 0.520. The Bertz CT molecular complexity index is 1240. The summed E-state index contributed by atoms with van der Waals surface area (Å²) in [6.07, 6.45) is 4.38. The molecule has 36 heavy (non-hydrogen) atoms. The Morgan fingerprint density at radius 3 is 2.61 bits per heavy atom. The van der Waals surface area contributed by atoms with Crippen LogP contribution < -0.4 is 25.8 Å². The van der Waals surface area contributed by atoms with Gasteiger partial charge in [-0.25, -0.2) is 9.97 Å². The summed E-state index contributed by atoms with van der Waals surface area (Å²) in [6.45, 7) is 6.52. The highest BCUT2D eigenvalue weighted by atomic mass is 32.1. The number of thiazole rings is 1. The number of anilines is 4. The second-order valence-electron chi connectivity index (χ2n) is 9.65. The second kappa shape index (κ2) is 10.2. The van der Waals surface area contributed by atoms with Crippen LogP contribution in [0.15, 0.2) is 24.3 Å². The van der Waals surface area contributed by atoms with Crippen LogP contribution in [-0.2, 0) is 4.74 Å². The van der Waals surface area contributed by atoms with Gasteiger partial charge >= 0.3 is 0 Å². The van der Waals surface area contributed by atoms with E-state index in [2.05, 4.69) is 25.0 Å².